The van der Waals surface area contributed by atoms with E-state index in [2.05, 4.69) is 102 Å². The maximum Gasteiger partial charge on any atom is 0.310 e. The van der Waals surface area contributed by atoms with Crippen LogP contribution in [0.4, 0.5) is 0 Å². The van der Waals surface area contributed by atoms with Crippen LogP contribution in [-0.2, 0) is 30.0 Å². The molecular formula is C30H27N3O. The van der Waals surface area contributed by atoms with Crippen LogP contribution >= 0.6 is 0 Å². The maximum absolute atomic E-state index is 6.65. The van der Waals surface area contributed by atoms with Gasteiger partial charge in [-0.1, -0.05) is 120 Å². The zero-order valence-corrected chi connectivity index (χ0v) is 19.0. The van der Waals surface area contributed by atoms with Crippen LogP contribution in [0.15, 0.2) is 120 Å². The number of hydrogen-bond donors (Lipinski definition) is 0. The molecule has 0 amide bonds. The lowest BCUT2D eigenvalue weighted by molar-refractivity contribution is -0.134. The first kappa shape index (κ1) is 20.7. The van der Waals surface area contributed by atoms with Crippen LogP contribution in [0.5, 0.6) is 0 Å². The Labute approximate surface area is 200 Å². The van der Waals surface area contributed by atoms with Crippen molar-refractivity contribution in [1.82, 2.24) is 9.96 Å². The molecule has 2 heterocycles. The first-order chi connectivity index (χ1) is 16.8. The first-order valence-electron chi connectivity index (χ1n) is 11.8. The number of nitrogens with zero attached hydrogens (tertiary/aromatic N) is 3. The van der Waals surface area contributed by atoms with E-state index < -0.39 is 5.66 Å². The number of rotatable bonds is 4. The SMILES string of the molecule is c1ccc(CN2OC(N3CCc4ccccc4C3)=NC2(c2ccccc2)c2ccccc2)cc1. The Morgan fingerprint density at radius 3 is 1.88 bits per heavy atom. The molecule has 0 fully saturated rings. The van der Waals surface area contributed by atoms with Gasteiger partial charge in [-0.25, -0.2) is 0 Å². The maximum atomic E-state index is 6.65. The lowest BCUT2D eigenvalue weighted by Gasteiger charge is -2.34. The van der Waals surface area contributed by atoms with Crippen LogP contribution in [0.25, 0.3) is 0 Å². The molecule has 0 saturated heterocycles. The number of hydroxylamine groups is 2. The topological polar surface area (TPSA) is 28.1 Å². The predicted molar refractivity (Wildman–Crippen MR) is 135 cm³/mol. The van der Waals surface area contributed by atoms with E-state index in [4.69, 9.17) is 9.83 Å². The van der Waals surface area contributed by atoms with Crippen LogP contribution in [0.3, 0.4) is 0 Å². The molecule has 0 spiro atoms. The van der Waals surface area contributed by atoms with Crippen molar-refractivity contribution in [1.29, 1.82) is 0 Å². The Balaban J connectivity index is 1.47. The lowest BCUT2D eigenvalue weighted by Crippen LogP contribution is -2.42. The zero-order valence-electron chi connectivity index (χ0n) is 19.0. The molecule has 4 nitrogen and oxygen atoms in total. The number of hydrogen-bond acceptors (Lipinski definition) is 4. The van der Waals surface area contributed by atoms with Gasteiger partial charge in [-0.15, -0.1) is 0 Å². The Morgan fingerprint density at radius 1 is 0.676 bits per heavy atom. The van der Waals surface area contributed by atoms with Crippen LogP contribution in [0.2, 0.25) is 0 Å². The molecule has 4 heteroatoms. The summed E-state index contributed by atoms with van der Waals surface area (Å²) >= 11 is 0. The summed E-state index contributed by atoms with van der Waals surface area (Å²) in [6.45, 7) is 2.30. The van der Waals surface area contributed by atoms with E-state index in [0.717, 1.165) is 30.6 Å². The fourth-order valence-corrected chi connectivity index (χ4v) is 4.99. The molecule has 2 aliphatic heterocycles. The second-order valence-corrected chi connectivity index (χ2v) is 8.85. The molecule has 0 N–H and O–H groups in total. The lowest BCUT2D eigenvalue weighted by atomic mass is 9.91. The fraction of sp³-hybridized carbons (Fsp3) is 0.167. The van der Waals surface area contributed by atoms with Gasteiger partial charge in [0.15, 0.2) is 0 Å². The highest BCUT2D eigenvalue weighted by Gasteiger charge is 2.49. The highest BCUT2D eigenvalue weighted by molar-refractivity contribution is 5.77. The average molecular weight is 446 g/mol. The van der Waals surface area contributed by atoms with E-state index >= 15 is 0 Å². The zero-order chi connectivity index (χ0) is 22.8. The van der Waals surface area contributed by atoms with Gasteiger partial charge in [0.05, 0.1) is 6.54 Å². The molecule has 168 valence electrons. The van der Waals surface area contributed by atoms with Gasteiger partial charge in [-0.2, -0.15) is 4.99 Å². The molecule has 4 aromatic carbocycles. The van der Waals surface area contributed by atoms with E-state index in [9.17, 15) is 0 Å². The molecule has 34 heavy (non-hydrogen) atoms. The van der Waals surface area contributed by atoms with Gasteiger partial charge in [0, 0.05) is 24.2 Å². The molecule has 0 bridgehead atoms. The van der Waals surface area contributed by atoms with Crippen molar-refractivity contribution in [3.05, 3.63) is 143 Å². The molecule has 6 rings (SSSR count). The predicted octanol–water partition coefficient (Wildman–Crippen LogP) is 5.75. The van der Waals surface area contributed by atoms with Crippen LogP contribution in [-0.4, -0.2) is 22.5 Å². The van der Waals surface area contributed by atoms with E-state index in [0.29, 0.717) is 12.6 Å². The Morgan fingerprint density at radius 2 is 1.24 bits per heavy atom. The van der Waals surface area contributed by atoms with Gasteiger partial charge in [0.2, 0.25) is 5.66 Å². The van der Waals surface area contributed by atoms with Gasteiger partial charge >= 0.3 is 6.02 Å². The van der Waals surface area contributed by atoms with Crippen molar-refractivity contribution in [2.45, 2.75) is 25.2 Å². The summed E-state index contributed by atoms with van der Waals surface area (Å²) in [5.41, 5.74) is 5.33. The van der Waals surface area contributed by atoms with Gasteiger partial charge in [-0.05, 0) is 23.1 Å². The van der Waals surface area contributed by atoms with E-state index in [1.165, 1.54) is 16.7 Å². The van der Waals surface area contributed by atoms with E-state index in [1.807, 2.05) is 23.3 Å². The number of amidine groups is 1. The Bertz CT molecular complexity index is 1250. The van der Waals surface area contributed by atoms with E-state index in [1.54, 1.807) is 0 Å². The summed E-state index contributed by atoms with van der Waals surface area (Å²) in [6, 6.07) is 40.8. The van der Waals surface area contributed by atoms with Gasteiger partial charge in [-0.3, -0.25) is 0 Å². The largest absolute Gasteiger partial charge is 0.364 e. The third-order valence-corrected chi connectivity index (χ3v) is 6.73. The highest BCUT2D eigenvalue weighted by atomic mass is 16.7. The number of aliphatic imine (C=N–C) groups is 1. The monoisotopic (exact) mass is 445 g/mol. The molecule has 0 saturated carbocycles. The van der Waals surface area contributed by atoms with Crippen molar-refractivity contribution in [3.8, 4) is 0 Å². The second kappa shape index (κ2) is 8.81. The van der Waals surface area contributed by atoms with Gasteiger partial charge < -0.3 is 9.74 Å². The minimum absolute atomic E-state index is 0.613. The van der Waals surface area contributed by atoms with Crippen LogP contribution in [0, 0.1) is 0 Å². The smallest absolute Gasteiger partial charge is 0.310 e. The summed E-state index contributed by atoms with van der Waals surface area (Å²) in [7, 11) is 0. The van der Waals surface area contributed by atoms with Gasteiger partial charge in [0.1, 0.15) is 0 Å². The molecule has 0 aromatic heterocycles. The third kappa shape index (κ3) is 3.66. The Kier molecular flexibility index (Phi) is 5.36. The molecule has 0 radical (unpaired) electrons. The van der Waals surface area contributed by atoms with Crippen molar-refractivity contribution in [2.24, 2.45) is 4.99 Å². The molecule has 0 atom stereocenters. The third-order valence-electron chi connectivity index (χ3n) is 6.73. The molecule has 2 aliphatic rings. The summed E-state index contributed by atoms with van der Waals surface area (Å²) in [6.07, 6.45) is 0.987. The second-order valence-electron chi connectivity index (χ2n) is 8.85. The number of fused-ring (bicyclic) bond motifs is 1. The van der Waals surface area contributed by atoms with Crippen molar-refractivity contribution in [3.63, 3.8) is 0 Å². The van der Waals surface area contributed by atoms with Crippen molar-refractivity contribution in [2.75, 3.05) is 6.54 Å². The molecule has 4 aromatic rings. The summed E-state index contributed by atoms with van der Waals surface area (Å²) in [5, 5.41) is 2.04. The average Bonchev–Trinajstić information content (AvgIpc) is 3.30. The van der Waals surface area contributed by atoms with Crippen molar-refractivity contribution < 1.29 is 4.84 Å². The fourth-order valence-electron chi connectivity index (χ4n) is 4.99. The van der Waals surface area contributed by atoms with Crippen molar-refractivity contribution >= 4 is 6.02 Å². The van der Waals surface area contributed by atoms with E-state index in [-0.39, 0.29) is 0 Å². The van der Waals surface area contributed by atoms with Crippen LogP contribution in [0.1, 0.15) is 27.8 Å². The first-order valence-corrected chi connectivity index (χ1v) is 11.8. The minimum atomic E-state index is -0.773. The normalized spacial score (nSPS) is 17.1. The van der Waals surface area contributed by atoms with Gasteiger partial charge in [0.25, 0.3) is 0 Å². The van der Waals surface area contributed by atoms with Crippen LogP contribution < -0.4 is 0 Å². The Hall–Kier alpha value is -3.89. The minimum Gasteiger partial charge on any atom is -0.364 e. The highest BCUT2D eigenvalue weighted by Crippen LogP contribution is 2.43. The molecule has 0 unspecified atom stereocenters. The molecular weight excluding hydrogens is 418 g/mol. The molecule has 0 aliphatic carbocycles. The standard InChI is InChI=1S/C30H27N3O/c1-4-12-24(13-5-1)22-33-30(27-16-6-2-7-17-27,28-18-8-3-9-19-28)31-29(34-33)32-21-20-25-14-10-11-15-26(25)23-32/h1-19H,20-23H2. The summed E-state index contributed by atoms with van der Waals surface area (Å²) < 4.78 is 0. The quantitative estimate of drug-likeness (QED) is 0.400. The number of benzene rings is 4. The summed E-state index contributed by atoms with van der Waals surface area (Å²) in [4.78, 5) is 14.3. The summed E-state index contributed by atoms with van der Waals surface area (Å²) in [5.74, 6) is 0.